The summed E-state index contributed by atoms with van der Waals surface area (Å²) in [5.74, 6) is 0.484. The lowest BCUT2D eigenvalue weighted by molar-refractivity contribution is -0.116. The Morgan fingerprint density at radius 3 is 2.69 bits per heavy atom. The fraction of sp³-hybridized carbons (Fsp3) is 0.300. The van der Waals surface area contributed by atoms with Crippen LogP contribution in [0, 0.1) is 6.92 Å². The molecule has 1 heterocycles. The van der Waals surface area contributed by atoms with Gasteiger partial charge >= 0.3 is 5.97 Å². The number of aryl methyl sites for hydroxylation is 1. The first-order valence-corrected chi connectivity index (χ1v) is 9.90. The van der Waals surface area contributed by atoms with E-state index in [1.54, 1.807) is 44.3 Å². The fourth-order valence-corrected chi connectivity index (χ4v) is 3.35. The Labute approximate surface area is 173 Å². The van der Waals surface area contributed by atoms with Crippen molar-refractivity contribution in [3.63, 3.8) is 0 Å². The number of anilines is 1. The van der Waals surface area contributed by atoms with Gasteiger partial charge in [-0.2, -0.15) is 0 Å². The van der Waals surface area contributed by atoms with Gasteiger partial charge in [0.1, 0.15) is 17.6 Å². The zero-order valence-corrected chi connectivity index (χ0v) is 17.2. The molecule has 1 aromatic carbocycles. The van der Waals surface area contributed by atoms with Crippen LogP contribution in [0.25, 0.3) is 0 Å². The number of nitrogens with zero attached hydrogens (tertiary/aromatic N) is 3. The van der Waals surface area contributed by atoms with E-state index in [0.717, 1.165) is 4.91 Å². The molecule has 0 spiro atoms. The molecule has 1 amide bonds. The summed E-state index contributed by atoms with van der Waals surface area (Å²) < 4.78 is 5.28. The third-order valence-electron chi connectivity index (χ3n) is 4.09. The largest absolute Gasteiger partial charge is 0.451 e. The number of aliphatic hydroxyl groups excluding tert-OH is 1. The highest BCUT2D eigenvalue weighted by atomic mass is 32.2. The van der Waals surface area contributed by atoms with E-state index >= 15 is 0 Å². The molecule has 0 saturated carbocycles. The zero-order valence-electron chi connectivity index (χ0n) is 16.4. The van der Waals surface area contributed by atoms with E-state index in [4.69, 9.17) is 10.5 Å². The van der Waals surface area contributed by atoms with Gasteiger partial charge < -0.3 is 20.5 Å². The summed E-state index contributed by atoms with van der Waals surface area (Å²) in [7, 11) is 0. The molecule has 0 aliphatic heterocycles. The first kappa shape index (κ1) is 22.4. The Morgan fingerprint density at radius 1 is 1.34 bits per heavy atom. The predicted molar refractivity (Wildman–Crippen MR) is 112 cm³/mol. The standard InChI is InChI=1S/C20H24N4O4S/c1-14(24(12-26)11-17-10-22-15(2)23-19(17)21)18(8-9-25)29-13-28-20(27)16-6-4-3-5-7-16/h3-7,10,12,25H,8-9,11,13H2,1-2H3,(H2,21,22,23)/b18-14-. The number of nitrogen functional groups attached to an aromatic ring is 1. The normalized spacial score (nSPS) is 11.6. The Balaban J connectivity index is 2.07. The second kappa shape index (κ2) is 11.2. The number of aliphatic hydroxyl groups is 1. The van der Waals surface area contributed by atoms with Crippen molar-refractivity contribution < 1.29 is 19.4 Å². The molecule has 2 aromatic rings. The summed E-state index contributed by atoms with van der Waals surface area (Å²) in [6, 6.07) is 8.67. The van der Waals surface area contributed by atoms with Gasteiger partial charge in [0.15, 0.2) is 0 Å². The average Bonchev–Trinajstić information content (AvgIpc) is 2.72. The van der Waals surface area contributed by atoms with Crippen LogP contribution in [0.5, 0.6) is 0 Å². The monoisotopic (exact) mass is 416 g/mol. The topological polar surface area (TPSA) is 119 Å². The molecule has 0 atom stereocenters. The number of benzene rings is 1. The molecule has 0 radical (unpaired) electrons. The number of nitrogens with two attached hydrogens (primary N) is 1. The van der Waals surface area contributed by atoms with Crippen molar-refractivity contribution >= 4 is 30.0 Å². The lowest BCUT2D eigenvalue weighted by Gasteiger charge is -2.22. The number of esters is 1. The number of thioether (sulfide) groups is 1. The second-order valence-corrected chi connectivity index (χ2v) is 7.12. The van der Waals surface area contributed by atoms with E-state index < -0.39 is 5.97 Å². The minimum Gasteiger partial charge on any atom is -0.451 e. The molecule has 0 fully saturated rings. The number of amides is 1. The number of carbonyl (C=O) groups is 2. The maximum Gasteiger partial charge on any atom is 0.338 e. The highest BCUT2D eigenvalue weighted by Gasteiger charge is 2.15. The molecular weight excluding hydrogens is 392 g/mol. The van der Waals surface area contributed by atoms with Crippen LogP contribution in [-0.2, 0) is 16.1 Å². The van der Waals surface area contributed by atoms with Gasteiger partial charge in [0.25, 0.3) is 0 Å². The second-order valence-electron chi connectivity index (χ2n) is 6.10. The van der Waals surface area contributed by atoms with Crippen LogP contribution in [0.2, 0.25) is 0 Å². The van der Waals surface area contributed by atoms with Crippen LogP contribution in [0.15, 0.2) is 47.1 Å². The Kier molecular flexibility index (Phi) is 8.63. The Morgan fingerprint density at radius 2 is 2.07 bits per heavy atom. The first-order valence-electron chi connectivity index (χ1n) is 8.91. The summed E-state index contributed by atoms with van der Waals surface area (Å²) >= 11 is 1.25. The van der Waals surface area contributed by atoms with Gasteiger partial charge in [0, 0.05) is 35.4 Å². The minimum absolute atomic E-state index is 0.0584. The lowest BCUT2D eigenvalue weighted by Crippen LogP contribution is -2.22. The lowest BCUT2D eigenvalue weighted by atomic mass is 10.2. The van der Waals surface area contributed by atoms with Crippen molar-refractivity contribution in [2.24, 2.45) is 0 Å². The summed E-state index contributed by atoms with van der Waals surface area (Å²) in [6.45, 7) is 3.59. The van der Waals surface area contributed by atoms with Gasteiger partial charge in [0.05, 0.1) is 12.1 Å². The van der Waals surface area contributed by atoms with Crippen LogP contribution in [-0.4, -0.2) is 44.9 Å². The van der Waals surface area contributed by atoms with E-state index in [-0.39, 0.29) is 19.1 Å². The molecule has 2 rings (SSSR count). The molecule has 0 saturated heterocycles. The minimum atomic E-state index is -0.434. The Hall–Kier alpha value is -2.91. The van der Waals surface area contributed by atoms with E-state index in [0.29, 0.717) is 41.3 Å². The van der Waals surface area contributed by atoms with E-state index in [1.807, 2.05) is 6.07 Å². The van der Waals surface area contributed by atoms with E-state index in [1.165, 1.54) is 16.7 Å². The number of aromatic nitrogens is 2. The van der Waals surface area contributed by atoms with Gasteiger partial charge in [-0.15, -0.1) is 0 Å². The van der Waals surface area contributed by atoms with Crippen molar-refractivity contribution in [1.29, 1.82) is 0 Å². The molecule has 3 N–H and O–H groups in total. The van der Waals surface area contributed by atoms with Gasteiger partial charge in [-0.05, 0) is 26.0 Å². The van der Waals surface area contributed by atoms with E-state index in [2.05, 4.69) is 9.97 Å². The SMILES string of the molecule is C/C(=C(\CCO)SCOC(=O)c1ccccc1)N(C=O)Cc1cnc(C)nc1N. The quantitative estimate of drug-likeness (QED) is 0.344. The first-order chi connectivity index (χ1) is 14.0. The summed E-state index contributed by atoms with van der Waals surface area (Å²) in [5.41, 5.74) is 7.63. The smallest absolute Gasteiger partial charge is 0.338 e. The van der Waals surface area contributed by atoms with Crippen LogP contribution >= 0.6 is 11.8 Å². The molecule has 0 unspecified atom stereocenters. The predicted octanol–water partition coefficient (Wildman–Crippen LogP) is 2.49. The molecule has 0 bridgehead atoms. The summed E-state index contributed by atoms with van der Waals surface area (Å²) in [6.07, 6.45) is 2.59. The maximum absolute atomic E-state index is 12.1. The number of hydrogen-bond acceptors (Lipinski definition) is 8. The van der Waals surface area contributed by atoms with Crippen molar-refractivity contribution in [3.8, 4) is 0 Å². The highest BCUT2D eigenvalue weighted by Crippen LogP contribution is 2.26. The van der Waals surface area contributed by atoms with Crippen molar-refractivity contribution in [2.45, 2.75) is 26.8 Å². The molecule has 9 heteroatoms. The summed E-state index contributed by atoms with van der Waals surface area (Å²) in [5, 5.41) is 9.39. The van der Waals surface area contributed by atoms with Gasteiger partial charge in [-0.25, -0.2) is 14.8 Å². The molecule has 1 aromatic heterocycles. The maximum atomic E-state index is 12.1. The number of ether oxygens (including phenoxy) is 1. The van der Waals surface area contributed by atoms with Crippen LogP contribution < -0.4 is 5.73 Å². The third kappa shape index (κ3) is 6.58. The molecule has 29 heavy (non-hydrogen) atoms. The summed E-state index contributed by atoms with van der Waals surface area (Å²) in [4.78, 5) is 34.1. The van der Waals surface area contributed by atoms with Crippen LogP contribution in [0.1, 0.15) is 35.1 Å². The third-order valence-corrected chi connectivity index (χ3v) is 5.18. The number of carbonyl (C=O) groups excluding carboxylic acids is 2. The van der Waals surface area contributed by atoms with Gasteiger partial charge in [0.2, 0.25) is 6.41 Å². The number of rotatable bonds is 10. The number of hydrogen-bond donors (Lipinski definition) is 2. The average molecular weight is 417 g/mol. The molecule has 0 aliphatic rings. The molecular formula is C20H24N4O4S. The van der Waals surface area contributed by atoms with Crippen LogP contribution in [0.3, 0.4) is 0 Å². The van der Waals surface area contributed by atoms with Crippen molar-refractivity contribution in [3.05, 3.63) is 64.1 Å². The van der Waals surface area contributed by atoms with Crippen molar-refractivity contribution in [1.82, 2.24) is 14.9 Å². The fourth-order valence-electron chi connectivity index (χ4n) is 2.48. The van der Waals surface area contributed by atoms with Gasteiger partial charge in [-0.1, -0.05) is 30.0 Å². The van der Waals surface area contributed by atoms with Gasteiger partial charge in [-0.3, -0.25) is 4.79 Å². The zero-order chi connectivity index (χ0) is 21.2. The van der Waals surface area contributed by atoms with Crippen molar-refractivity contribution in [2.75, 3.05) is 18.3 Å². The van der Waals surface area contributed by atoms with Crippen LogP contribution in [0.4, 0.5) is 5.82 Å². The Bertz CT molecular complexity index is 874. The molecule has 154 valence electrons. The highest BCUT2D eigenvalue weighted by molar-refractivity contribution is 8.02. The van der Waals surface area contributed by atoms with E-state index in [9.17, 15) is 14.7 Å². The number of allylic oxidation sites excluding steroid dienone is 1. The molecule has 0 aliphatic carbocycles. The molecule has 8 nitrogen and oxygen atoms in total.